The third-order valence-electron chi connectivity index (χ3n) is 4.71. The number of carbonyl (C=O) groups excluding carboxylic acids is 1. The summed E-state index contributed by atoms with van der Waals surface area (Å²) in [6.07, 6.45) is 1.88. The zero-order valence-electron chi connectivity index (χ0n) is 14.5. The number of piperidine rings is 1. The Kier molecular flexibility index (Phi) is 5.63. The van der Waals surface area contributed by atoms with Crippen molar-refractivity contribution < 1.29 is 14.3 Å². The topological polar surface area (TPSA) is 67.8 Å². The van der Waals surface area contributed by atoms with Gasteiger partial charge in [-0.1, -0.05) is 0 Å². The van der Waals surface area contributed by atoms with Crippen molar-refractivity contribution >= 4 is 11.7 Å². The molecule has 2 saturated heterocycles. The predicted octanol–water partition coefficient (Wildman–Crippen LogP) is 0.974. The molecule has 2 fully saturated rings. The van der Waals surface area contributed by atoms with Gasteiger partial charge in [0.2, 0.25) is 5.91 Å². The van der Waals surface area contributed by atoms with Crippen LogP contribution in [0.1, 0.15) is 30.3 Å². The fourth-order valence-corrected chi connectivity index (χ4v) is 3.38. The van der Waals surface area contributed by atoms with Gasteiger partial charge < -0.3 is 19.3 Å². The van der Waals surface area contributed by atoms with Gasteiger partial charge in [0.1, 0.15) is 18.2 Å². The Hall–Kier alpha value is -1.73. The maximum Gasteiger partial charge on any atom is 0.248 e. The molecule has 1 aromatic rings. The monoisotopic (exact) mass is 334 g/mol. The van der Waals surface area contributed by atoms with E-state index in [1.807, 2.05) is 11.8 Å². The molecule has 0 spiro atoms. The van der Waals surface area contributed by atoms with Crippen LogP contribution in [-0.2, 0) is 14.3 Å². The molecule has 0 aliphatic carbocycles. The minimum atomic E-state index is 0.0730. The van der Waals surface area contributed by atoms with Crippen LogP contribution in [0.15, 0.2) is 6.07 Å². The number of amides is 1. The van der Waals surface area contributed by atoms with Crippen molar-refractivity contribution in [1.29, 1.82) is 0 Å². The summed E-state index contributed by atoms with van der Waals surface area (Å²) in [6, 6.07) is 2.12. The Bertz CT molecular complexity index is 567. The van der Waals surface area contributed by atoms with Crippen molar-refractivity contribution in [1.82, 2.24) is 14.9 Å². The largest absolute Gasteiger partial charge is 0.378 e. The highest BCUT2D eigenvalue weighted by molar-refractivity contribution is 5.77. The SMILES string of the molecule is COCC(=O)N1CCC(c2cc(N3CCOCC3)nc(C)n2)CC1. The summed E-state index contributed by atoms with van der Waals surface area (Å²) in [7, 11) is 1.56. The van der Waals surface area contributed by atoms with Crippen molar-refractivity contribution in [2.24, 2.45) is 0 Å². The lowest BCUT2D eigenvalue weighted by atomic mass is 9.93. The van der Waals surface area contributed by atoms with E-state index >= 15 is 0 Å². The first-order valence-corrected chi connectivity index (χ1v) is 8.62. The smallest absolute Gasteiger partial charge is 0.248 e. The molecule has 0 N–H and O–H groups in total. The fraction of sp³-hybridized carbons (Fsp3) is 0.706. The summed E-state index contributed by atoms with van der Waals surface area (Å²) in [5, 5.41) is 0. The highest BCUT2D eigenvalue weighted by Gasteiger charge is 2.25. The number of aromatic nitrogens is 2. The molecule has 0 aromatic carbocycles. The molecule has 2 aliphatic heterocycles. The molecule has 0 unspecified atom stereocenters. The normalized spacial score (nSPS) is 19.6. The molecule has 0 saturated carbocycles. The molecule has 0 radical (unpaired) electrons. The van der Waals surface area contributed by atoms with Crippen LogP contribution in [0, 0.1) is 6.92 Å². The molecule has 1 aromatic heterocycles. The molecule has 0 bridgehead atoms. The number of rotatable bonds is 4. The van der Waals surface area contributed by atoms with Crippen LogP contribution in [0.2, 0.25) is 0 Å². The molecular weight excluding hydrogens is 308 g/mol. The second kappa shape index (κ2) is 7.90. The van der Waals surface area contributed by atoms with Gasteiger partial charge in [-0.25, -0.2) is 9.97 Å². The second-order valence-electron chi connectivity index (χ2n) is 6.39. The zero-order valence-corrected chi connectivity index (χ0v) is 14.5. The summed E-state index contributed by atoms with van der Waals surface area (Å²) < 4.78 is 10.4. The highest BCUT2D eigenvalue weighted by atomic mass is 16.5. The lowest BCUT2D eigenvalue weighted by molar-refractivity contribution is -0.136. The first kappa shape index (κ1) is 17.1. The van der Waals surface area contributed by atoms with E-state index in [0.717, 1.165) is 69.6 Å². The van der Waals surface area contributed by atoms with Gasteiger partial charge in [0.05, 0.1) is 13.2 Å². The van der Waals surface area contributed by atoms with Gasteiger partial charge in [-0.05, 0) is 19.8 Å². The van der Waals surface area contributed by atoms with E-state index in [9.17, 15) is 4.79 Å². The van der Waals surface area contributed by atoms with Crippen LogP contribution in [0.25, 0.3) is 0 Å². The number of ether oxygens (including phenoxy) is 2. The Morgan fingerprint density at radius 3 is 2.62 bits per heavy atom. The number of nitrogens with zero attached hydrogens (tertiary/aromatic N) is 4. The standard InChI is InChI=1S/C17H26N4O3/c1-13-18-15(11-16(19-13)20-7-9-24-10-8-20)14-3-5-21(6-4-14)17(22)12-23-2/h11,14H,3-10,12H2,1-2H3. The van der Waals surface area contributed by atoms with Crippen LogP contribution in [0.4, 0.5) is 5.82 Å². The van der Waals surface area contributed by atoms with Crippen molar-refractivity contribution in [3.63, 3.8) is 0 Å². The Balaban J connectivity index is 1.67. The molecule has 0 atom stereocenters. The van der Waals surface area contributed by atoms with Gasteiger partial charge in [0.25, 0.3) is 0 Å². The molecule has 2 aliphatic rings. The van der Waals surface area contributed by atoms with E-state index in [2.05, 4.69) is 20.9 Å². The number of anilines is 1. The second-order valence-corrected chi connectivity index (χ2v) is 6.39. The minimum Gasteiger partial charge on any atom is -0.378 e. The molecule has 1 amide bonds. The Morgan fingerprint density at radius 2 is 1.96 bits per heavy atom. The van der Waals surface area contributed by atoms with Crippen molar-refractivity contribution in [3.8, 4) is 0 Å². The van der Waals surface area contributed by atoms with E-state index in [1.54, 1.807) is 7.11 Å². The summed E-state index contributed by atoms with van der Waals surface area (Å²) in [5.74, 6) is 2.27. The summed E-state index contributed by atoms with van der Waals surface area (Å²) in [6.45, 7) is 6.89. The number of hydrogen-bond donors (Lipinski definition) is 0. The molecule has 3 rings (SSSR count). The van der Waals surface area contributed by atoms with E-state index in [-0.39, 0.29) is 12.5 Å². The minimum absolute atomic E-state index is 0.0730. The third kappa shape index (κ3) is 4.02. The third-order valence-corrected chi connectivity index (χ3v) is 4.71. The van der Waals surface area contributed by atoms with E-state index < -0.39 is 0 Å². The van der Waals surface area contributed by atoms with Crippen LogP contribution < -0.4 is 4.90 Å². The van der Waals surface area contributed by atoms with Crippen LogP contribution in [-0.4, -0.2) is 73.9 Å². The number of morpholine rings is 1. The number of carbonyl (C=O) groups is 1. The number of hydrogen-bond acceptors (Lipinski definition) is 6. The summed E-state index contributed by atoms with van der Waals surface area (Å²) in [5.41, 5.74) is 1.10. The average molecular weight is 334 g/mol. The maximum absolute atomic E-state index is 11.9. The van der Waals surface area contributed by atoms with Crippen LogP contribution in [0.5, 0.6) is 0 Å². The van der Waals surface area contributed by atoms with Gasteiger partial charge in [-0.3, -0.25) is 4.79 Å². The predicted molar refractivity (Wildman–Crippen MR) is 90.2 cm³/mol. The first-order chi connectivity index (χ1) is 11.7. The summed E-state index contributed by atoms with van der Waals surface area (Å²) >= 11 is 0. The van der Waals surface area contributed by atoms with E-state index in [4.69, 9.17) is 9.47 Å². The lowest BCUT2D eigenvalue weighted by Gasteiger charge is -2.32. The van der Waals surface area contributed by atoms with Gasteiger partial charge in [-0.15, -0.1) is 0 Å². The lowest BCUT2D eigenvalue weighted by Crippen LogP contribution is -2.40. The quantitative estimate of drug-likeness (QED) is 0.817. The van der Waals surface area contributed by atoms with E-state index in [1.165, 1.54) is 0 Å². The zero-order chi connectivity index (χ0) is 16.9. The first-order valence-electron chi connectivity index (χ1n) is 8.62. The fourth-order valence-electron chi connectivity index (χ4n) is 3.38. The van der Waals surface area contributed by atoms with E-state index in [0.29, 0.717) is 5.92 Å². The molecule has 3 heterocycles. The van der Waals surface area contributed by atoms with Crippen molar-refractivity contribution in [3.05, 3.63) is 17.6 Å². The van der Waals surface area contributed by atoms with Gasteiger partial charge in [-0.2, -0.15) is 0 Å². The van der Waals surface area contributed by atoms with Gasteiger partial charge >= 0.3 is 0 Å². The van der Waals surface area contributed by atoms with Crippen molar-refractivity contribution in [2.75, 3.05) is 58.0 Å². The average Bonchev–Trinajstić information content (AvgIpc) is 2.62. The molecule has 7 nitrogen and oxygen atoms in total. The van der Waals surface area contributed by atoms with Crippen molar-refractivity contribution in [2.45, 2.75) is 25.7 Å². The van der Waals surface area contributed by atoms with Crippen LogP contribution >= 0.6 is 0 Å². The summed E-state index contributed by atoms with van der Waals surface area (Å²) in [4.78, 5) is 25.3. The van der Waals surface area contributed by atoms with Gasteiger partial charge in [0.15, 0.2) is 0 Å². The molecule has 24 heavy (non-hydrogen) atoms. The number of aryl methyl sites for hydroxylation is 1. The Labute approximate surface area is 143 Å². The molecular formula is C17H26N4O3. The number of methoxy groups -OCH3 is 1. The van der Waals surface area contributed by atoms with Crippen LogP contribution in [0.3, 0.4) is 0 Å². The number of likely N-dealkylation sites (tertiary alicyclic amines) is 1. The molecule has 7 heteroatoms. The molecule has 132 valence electrons. The van der Waals surface area contributed by atoms with Gasteiger partial charge in [0, 0.05) is 51.0 Å². The Morgan fingerprint density at radius 1 is 1.25 bits per heavy atom. The highest BCUT2D eigenvalue weighted by Crippen LogP contribution is 2.29. The maximum atomic E-state index is 11.9.